The monoisotopic (exact) mass is 650 g/mol. The standard InChI is InChI=1S/C18H18FN5O.C13H10FNO2.CH4O2S/c1-22-13-3-4-17(15(19)6-13)25-18-5-11-10-23-24(2)16(11)7-14(18)12(8-20)9-21;1-9-6-10(8-16)13(17)15(7-9)12-4-2-11(14)3-5-12;1-4(2)3/h3-10,20,22H,21H2,1-2H3;2-8H,1H3;1H3,(H,2,3)/b12-9+,20-8?;;. The van der Waals surface area contributed by atoms with Crippen LogP contribution in [0.5, 0.6) is 11.5 Å². The average Bonchev–Trinajstić information content (AvgIpc) is 3.39. The molecule has 1 unspecified atom stereocenters. The van der Waals surface area contributed by atoms with Crippen molar-refractivity contribution in [2.24, 2.45) is 12.8 Å². The van der Waals surface area contributed by atoms with Crippen LogP contribution in [0.25, 0.3) is 22.2 Å². The largest absolute Gasteiger partial charge is 0.454 e. The van der Waals surface area contributed by atoms with Gasteiger partial charge in [-0.15, -0.1) is 0 Å². The Labute approximate surface area is 265 Å². The molecule has 0 bridgehead atoms. The number of pyridine rings is 1. The predicted molar refractivity (Wildman–Crippen MR) is 176 cm³/mol. The fraction of sp³-hybridized carbons (Fsp3) is 0.125. The van der Waals surface area contributed by atoms with E-state index in [1.54, 1.807) is 49.2 Å². The highest BCUT2D eigenvalue weighted by Crippen LogP contribution is 2.35. The molecule has 5 aromatic rings. The third-order valence-electron chi connectivity index (χ3n) is 6.35. The molecule has 0 fully saturated rings. The number of carbonyl (C=O) groups is 1. The lowest BCUT2D eigenvalue weighted by Crippen LogP contribution is -2.21. The number of rotatable bonds is 7. The lowest BCUT2D eigenvalue weighted by Gasteiger charge is -2.13. The summed E-state index contributed by atoms with van der Waals surface area (Å²) >= 11 is -1.61. The summed E-state index contributed by atoms with van der Waals surface area (Å²) in [7, 11) is 3.53. The van der Waals surface area contributed by atoms with Crippen molar-refractivity contribution in [2.45, 2.75) is 6.92 Å². The zero-order chi connectivity index (χ0) is 34.0. The van der Waals surface area contributed by atoms with Gasteiger partial charge in [-0.3, -0.25) is 18.8 Å². The third-order valence-corrected chi connectivity index (χ3v) is 6.35. The number of allylic oxidation sites excluding steroid dienone is 1. The fourth-order valence-electron chi connectivity index (χ4n) is 4.19. The number of nitrogens with zero attached hydrogens (tertiary/aromatic N) is 3. The average molecular weight is 651 g/mol. The number of benzene rings is 3. The van der Waals surface area contributed by atoms with Gasteiger partial charge in [0.1, 0.15) is 22.6 Å². The molecular weight excluding hydrogens is 618 g/mol. The number of fused-ring (bicyclic) bond motifs is 1. The van der Waals surface area contributed by atoms with E-state index in [1.165, 1.54) is 53.4 Å². The maximum absolute atomic E-state index is 14.3. The molecule has 240 valence electrons. The van der Waals surface area contributed by atoms with E-state index in [0.29, 0.717) is 34.5 Å². The number of halogens is 2. The number of ether oxygens (including phenoxy) is 1. The summed E-state index contributed by atoms with van der Waals surface area (Å²) in [5.74, 6) is -0.371. The third kappa shape index (κ3) is 8.80. The SMILES string of the molecule is CNc1ccc(Oc2cc3cnn(C)c3cc2/C(C=N)=C/N)c(F)c1.CS(=O)O.Cc1cc(C=O)c(=O)n(-c2ccc(F)cc2)c1. The first-order valence-corrected chi connectivity index (χ1v) is 14.9. The predicted octanol–water partition coefficient (Wildman–Crippen LogP) is 5.43. The fourth-order valence-corrected chi connectivity index (χ4v) is 4.19. The molecule has 0 amide bonds. The second kappa shape index (κ2) is 16.0. The van der Waals surface area contributed by atoms with Crippen LogP contribution in [0.4, 0.5) is 14.5 Å². The Balaban J connectivity index is 0.000000237. The molecule has 0 saturated heterocycles. The highest BCUT2D eigenvalue weighted by molar-refractivity contribution is 7.78. The molecule has 0 aliphatic carbocycles. The quantitative estimate of drug-likeness (QED) is 0.103. The first kappa shape index (κ1) is 35.0. The van der Waals surface area contributed by atoms with Gasteiger partial charge in [-0.25, -0.2) is 13.0 Å². The number of aromatic nitrogens is 3. The van der Waals surface area contributed by atoms with Crippen LogP contribution in [-0.2, 0) is 18.1 Å². The number of nitrogens with one attached hydrogen (secondary N) is 2. The molecule has 14 heteroatoms. The topological polar surface area (TPSA) is 165 Å². The molecule has 0 radical (unpaired) electrons. The van der Waals surface area contributed by atoms with Crippen LogP contribution >= 0.6 is 0 Å². The highest BCUT2D eigenvalue weighted by Gasteiger charge is 2.15. The minimum absolute atomic E-state index is 0.0878. The molecule has 0 aliphatic heterocycles. The molecule has 2 heterocycles. The summed E-state index contributed by atoms with van der Waals surface area (Å²) in [5, 5.41) is 15.5. The summed E-state index contributed by atoms with van der Waals surface area (Å²) in [6.07, 6.45) is 7.48. The van der Waals surface area contributed by atoms with Crippen molar-refractivity contribution in [3.8, 4) is 17.2 Å². The van der Waals surface area contributed by atoms with E-state index in [9.17, 15) is 18.4 Å². The van der Waals surface area contributed by atoms with Crippen molar-refractivity contribution in [3.63, 3.8) is 0 Å². The first-order chi connectivity index (χ1) is 21.9. The van der Waals surface area contributed by atoms with E-state index < -0.39 is 22.5 Å². The normalized spacial score (nSPS) is 11.4. The van der Waals surface area contributed by atoms with Crippen LogP contribution in [0.1, 0.15) is 21.5 Å². The van der Waals surface area contributed by atoms with Crippen molar-refractivity contribution in [3.05, 3.63) is 118 Å². The van der Waals surface area contributed by atoms with Crippen LogP contribution in [0.15, 0.2) is 84.1 Å². The molecule has 5 N–H and O–H groups in total. The lowest BCUT2D eigenvalue weighted by atomic mass is 10.0. The molecule has 46 heavy (non-hydrogen) atoms. The van der Waals surface area contributed by atoms with E-state index in [1.807, 2.05) is 13.1 Å². The number of carbonyl (C=O) groups excluding carboxylic acids is 1. The Hall–Kier alpha value is -5.47. The Morgan fingerprint density at radius 3 is 2.35 bits per heavy atom. The highest BCUT2D eigenvalue weighted by atomic mass is 32.2. The van der Waals surface area contributed by atoms with Crippen LogP contribution in [-0.4, -0.2) is 48.9 Å². The summed E-state index contributed by atoms with van der Waals surface area (Å²) in [5.41, 5.74) is 9.19. The Morgan fingerprint density at radius 1 is 1.11 bits per heavy atom. The number of aldehydes is 1. The van der Waals surface area contributed by atoms with E-state index >= 15 is 0 Å². The van der Waals surface area contributed by atoms with Crippen molar-refractivity contribution >= 4 is 45.7 Å². The maximum atomic E-state index is 14.3. The van der Waals surface area contributed by atoms with Crippen LogP contribution in [0, 0.1) is 24.0 Å². The minimum atomic E-state index is -1.61. The molecular formula is C32H32F2N6O5S. The summed E-state index contributed by atoms with van der Waals surface area (Å²) in [4.78, 5) is 22.6. The molecule has 2 aromatic heterocycles. The van der Waals surface area contributed by atoms with E-state index in [4.69, 9.17) is 24.6 Å². The second-order valence-electron chi connectivity index (χ2n) is 9.60. The van der Waals surface area contributed by atoms with Gasteiger partial charge in [0.2, 0.25) is 0 Å². The van der Waals surface area contributed by atoms with Gasteiger partial charge in [-0.05, 0) is 67.1 Å². The summed E-state index contributed by atoms with van der Waals surface area (Å²) in [6.45, 7) is 1.78. The Kier molecular flexibility index (Phi) is 12.2. The van der Waals surface area contributed by atoms with E-state index in [0.717, 1.165) is 22.7 Å². The summed E-state index contributed by atoms with van der Waals surface area (Å²) < 4.78 is 52.5. The molecule has 3 aromatic carbocycles. The molecule has 0 spiro atoms. The zero-order valence-corrected chi connectivity index (χ0v) is 26.1. The zero-order valence-electron chi connectivity index (χ0n) is 25.3. The van der Waals surface area contributed by atoms with Crippen molar-refractivity contribution < 1.29 is 27.1 Å². The first-order valence-electron chi connectivity index (χ1n) is 13.4. The van der Waals surface area contributed by atoms with Gasteiger partial charge in [0, 0.05) is 72.9 Å². The number of anilines is 1. The van der Waals surface area contributed by atoms with Crippen molar-refractivity contribution in [2.75, 3.05) is 18.6 Å². The molecule has 1 atom stereocenters. The van der Waals surface area contributed by atoms with Gasteiger partial charge in [0.05, 0.1) is 17.3 Å². The minimum Gasteiger partial charge on any atom is -0.454 e. The van der Waals surface area contributed by atoms with E-state index in [-0.39, 0.29) is 17.1 Å². The number of aryl methyl sites for hydroxylation is 2. The smallest absolute Gasteiger partial charge is 0.265 e. The van der Waals surface area contributed by atoms with E-state index in [2.05, 4.69) is 10.4 Å². The number of nitrogens with two attached hydrogens (primary N) is 1. The lowest BCUT2D eigenvalue weighted by molar-refractivity contribution is 0.112. The van der Waals surface area contributed by atoms with Gasteiger partial charge in [-0.2, -0.15) is 5.10 Å². The van der Waals surface area contributed by atoms with Gasteiger partial charge >= 0.3 is 0 Å². The Bertz CT molecular complexity index is 1970. The molecule has 0 saturated carbocycles. The Morgan fingerprint density at radius 2 is 1.78 bits per heavy atom. The molecule has 11 nitrogen and oxygen atoms in total. The van der Waals surface area contributed by atoms with Gasteiger partial charge < -0.3 is 25.7 Å². The van der Waals surface area contributed by atoms with Gasteiger partial charge in [0.15, 0.2) is 17.9 Å². The maximum Gasteiger partial charge on any atom is 0.265 e. The molecule has 0 aliphatic rings. The van der Waals surface area contributed by atoms with Crippen LogP contribution < -0.4 is 21.3 Å². The molecule has 5 rings (SSSR count). The number of hydrogen-bond donors (Lipinski definition) is 4. The van der Waals surface area contributed by atoms with Gasteiger partial charge in [0.25, 0.3) is 5.56 Å². The van der Waals surface area contributed by atoms with Crippen molar-refractivity contribution in [1.82, 2.24) is 14.3 Å². The number of hydrogen-bond acceptors (Lipinski definition) is 8. The summed E-state index contributed by atoms with van der Waals surface area (Å²) in [6, 6.07) is 15.2. The van der Waals surface area contributed by atoms with Crippen LogP contribution in [0.3, 0.4) is 0 Å². The van der Waals surface area contributed by atoms with Crippen LogP contribution in [0.2, 0.25) is 0 Å². The van der Waals surface area contributed by atoms with Crippen molar-refractivity contribution in [1.29, 1.82) is 5.41 Å². The van der Waals surface area contributed by atoms with Gasteiger partial charge in [-0.1, -0.05) is 0 Å². The second-order valence-corrected chi connectivity index (χ2v) is 10.5.